The monoisotopic (exact) mass is 532 g/mol. The van der Waals surface area contributed by atoms with E-state index >= 15 is 4.39 Å². The molecule has 0 saturated heterocycles. The fourth-order valence-corrected chi connectivity index (χ4v) is 5.67. The number of nitriles is 1. The Hall–Kier alpha value is -4.43. The first kappa shape index (κ1) is 24.9. The van der Waals surface area contributed by atoms with Crippen LogP contribution in [0.1, 0.15) is 65.7 Å². The molecule has 3 atom stereocenters. The SMILES string of the molecule is CC[C@@](N)(CC#N)c1ncc(-c2ccc3nc4n(c3c2)[C@@H]2C[C@@H]4NC(=O)c3cccc(OC(F)F)c32)cc1F. The zero-order valence-electron chi connectivity index (χ0n) is 20.8. The molecule has 0 saturated carbocycles. The number of nitrogens with two attached hydrogens (primary N) is 1. The Morgan fingerprint density at radius 1 is 1.28 bits per heavy atom. The third-order valence-corrected chi connectivity index (χ3v) is 7.64. The van der Waals surface area contributed by atoms with Crippen LogP contribution in [-0.4, -0.2) is 27.1 Å². The summed E-state index contributed by atoms with van der Waals surface area (Å²) < 4.78 is 48.5. The first-order valence-corrected chi connectivity index (χ1v) is 12.5. The molecule has 11 heteroatoms. The molecule has 4 heterocycles. The predicted molar refractivity (Wildman–Crippen MR) is 135 cm³/mol. The molecule has 4 aromatic rings. The third kappa shape index (κ3) is 3.90. The summed E-state index contributed by atoms with van der Waals surface area (Å²) in [6.07, 6.45) is 2.21. The quantitative estimate of drug-likeness (QED) is 0.357. The van der Waals surface area contributed by atoms with Crippen molar-refractivity contribution in [3.63, 3.8) is 0 Å². The second-order valence-corrected chi connectivity index (χ2v) is 9.82. The van der Waals surface area contributed by atoms with Crippen LogP contribution in [0.2, 0.25) is 0 Å². The zero-order valence-corrected chi connectivity index (χ0v) is 20.8. The van der Waals surface area contributed by atoms with Crippen molar-refractivity contribution in [3.8, 4) is 22.9 Å². The van der Waals surface area contributed by atoms with Gasteiger partial charge in [0.1, 0.15) is 17.4 Å². The van der Waals surface area contributed by atoms with E-state index in [1.807, 2.05) is 16.7 Å². The van der Waals surface area contributed by atoms with Gasteiger partial charge in [-0.05, 0) is 48.7 Å². The average molecular weight is 533 g/mol. The number of amides is 1. The summed E-state index contributed by atoms with van der Waals surface area (Å²) in [6.45, 7) is -1.28. The van der Waals surface area contributed by atoms with Gasteiger partial charge in [-0.3, -0.25) is 9.78 Å². The highest BCUT2D eigenvalue weighted by Crippen LogP contribution is 2.47. The van der Waals surface area contributed by atoms with Gasteiger partial charge in [0.25, 0.3) is 5.91 Å². The average Bonchev–Trinajstić information content (AvgIpc) is 3.40. The molecular weight excluding hydrogens is 509 g/mol. The minimum Gasteiger partial charge on any atom is -0.434 e. The highest BCUT2D eigenvalue weighted by molar-refractivity contribution is 5.98. The Bertz CT molecular complexity index is 1680. The number of benzene rings is 2. The van der Waals surface area contributed by atoms with Crippen LogP contribution in [0.15, 0.2) is 48.7 Å². The van der Waals surface area contributed by atoms with Gasteiger partial charge in [-0.15, -0.1) is 0 Å². The number of hydrogen-bond donors (Lipinski definition) is 2. The summed E-state index contributed by atoms with van der Waals surface area (Å²) in [7, 11) is 0. The molecule has 198 valence electrons. The van der Waals surface area contributed by atoms with E-state index in [0.717, 1.165) is 0 Å². The number of fused-ring (bicyclic) bond motifs is 9. The number of carbonyl (C=O) groups excluding carboxylic acids is 1. The van der Waals surface area contributed by atoms with Crippen LogP contribution in [0.25, 0.3) is 22.2 Å². The third-order valence-electron chi connectivity index (χ3n) is 7.64. The largest absolute Gasteiger partial charge is 0.434 e. The van der Waals surface area contributed by atoms with Crippen molar-refractivity contribution >= 4 is 16.9 Å². The summed E-state index contributed by atoms with van der Waals surface area (Å²) in [5.41, 5.74) is 8.23. The van der Waals surface area contributed by atoms with Crippen molar-refractivity contribution in [2.75, 3.05) is 0 Å². The lowest BCUT2D eigenvalue weighted by Crippen LogP contribution is -2.37. The smallest absolute Gasteiger partial charge is 0.387 e. The first-order valence-electron chi connectivity index (χ1n) is 12.5. The standard InChI is InChI=1S/C28H23F3N6O2/c1-2-28(33,8-9-32)24-17(29)10-15(13-34-24)14-6-7-18-20(11-14)37-21-12-19(25(37)35-18)36-26(38)16-4-3-5-22(23(16)21)39-27(30)31/h3-7,10-11,13,19,21,27H,2,8,12,33H2,1H3,(H,36,38)/t19-,21+,28+/m0/s1. The Morgan fingerprint density at radius 3 is 2.82 bits per heavy atom. The van der Waals surface area contributed by atoms with E-state index in [4.69, 9.17) is 20.7 Å². The molecule has 2 aromatic heterocycles. The number of carbonyl (C=O) groups is 1. The van der Waals surface area contributed by atoms with Crippen LogP contribution in [0, 0.1) is 17.1 Å². The Balaban J connectivity index is 1.47. The molecule has 1 amide bonds. The molecule has 0 aliphatic carbocycles. The van der Waals surface area contributed by atoms with Gasteiger partial charge in [-0.1, -0.05) is 19.1 Å². The molecule has 8 nitrogen and oxygen atoms in total. The second-order valence-electron chi connectivity index (χ2n) is 9.82. The van der Waals surface area contributed by atoms with Crippen molar-refractivity contribution in [3.05, 3.63) is 77.1 Å². The van der Waals surface area contributed by atoms with Crippen molar-refractivity contribution in [1.82, 2.24) is 19.9 Å². The van der Waals surface area contributed by atoms with Gasteiger partial charge in [0.15, 0.2) is 0 Å². The van der Waals surface area contributed by atoms with Gasteiger partial charge >= 0.3 is 6.61 Å². The number of rotatable bonds is 6. The first-order chi connectivity index (χ1) is 18.7. The fourth-order valence-electron chi connectivity index (χ4n) is 5.67. The molecule has 0 fully saturated rings. The number of halogens is 3. The summed E-state index contributed by atoms with van der Waals surface area (Å²) in [6, 6.07) is 12.4. The molecular formula is C28H23F3N6O2. The minimum absolute atomic E-state index is 0.0329. The number of nitrogens with zero attached hydrogens (tertiary/aromatic N) is 4. The van der Waals surface area contributed by atoms with Crippen LogP contribution in [0.3, 0.4) is 0 Å². The van der Waals surface area contributed by atoms with Gasteiger partial charge < -0.3 is 20.4 Å². The van der Waals surface area contributed by atoms with Crippen molar-refractivity contribution in [1.29, 1.82) is 5.26 Å². The van der Waals surface area contributed by atoms with Gasteiger partial charge in [0.2, 0.25) is 0 Å². The summed E-state index contributed by atoms with van der Waals surface area (Å²) in [5, 5.41) is 12.1. The summed E-state index contributed by atoms with van der Waals surface area (Å²) in [4.78, 5) is 21.9. The molecule has 6 rings (SSSR count). The molecule has 2 aliphatic heterocycles. The van der Waals surface area contributed by atoms with E-state index in [9.17, 15) is 13.6 Å². The topological polar surface area (TPSA) is 119 Å². The van der Waals surface area contributed by atoms with Crippen molar-refractivity contribution in [2.45, 2.75) is 50.4 Å². The number of pyridine rings is 1. The van der Waals surface area contributed by atoms with E-state index in [1.54, 1.807) is 25.1 Å². The van der Waals surface area contributed by atoms with E-state index < -0.39 is 30.1 Å². The minimum atomic E-state index is -3.05. The van der Waals surface area contributed by atoms with Gasteiger partial charge in [0.05, 0.1) is 46.8 Å². The molecule has 39 heavy (non-hydrogen) atoms. The molecule has 2 bridgehead atoms. The Labute approximate surface area is 221 Å². The second kappa shape index (κ2) is 9.10. The number of alkyl halides is 2. The summed E-state index contributed by atoms with van der Waals surface area (Å²) >= 11 is 0. The maximum Gasteiger partial charge on any atom is 0.387 e. The summed E-state index contributed by atoms with van der Waals surface area (Å²) in [5.74, 6) is -0.444. The Kier molecular flexibility index (Phi) is 5.80. The lowest BCUT2D eigenvalue weighted by atomic mass is 9.88. The van der Waals surface area contributed by atoms with Crippen LogP contribution in [0.4, 0.5) is 13.2 Å². The molecule has 2 aliphatic rings. The zero-order chi connectivity index (χ0) is 27.5. The number of ether oxygens (including phenoxy) is 1. The highest BCUT2D eigenvalue weighted by atomic mass is 19.3. The van der Waals surface area contributed by atoms with E-state index in [0.29, 0.717) is 46.4 Å². The van der Waals surface area contributed by atoms with Crippen molar-refractivity contribution < 1.29 is 22.7 Å². The molecule has 0 unspecified atom stereocenters. The highest BCUT2D eigenvalue weighted by Gasteiger charge is 2.42. The predicted octanol–water partition coefficient (Wildman–Crippen LogP) is 5.09. The maximum absolute atomic E-state index is 15.2. The van der Waals surface area contributed by atoms with Gasteiger partial charge in [-0.2, -0.15) is 14.0 Å². The van der Waals surface area contributed by atoms with E-state index in [2.05, 4.69) is 10.3 Å². The van der Waals surface area contributed by atoms with Crippen LogP contribution >= 0.6 is 0 Å². The van der Waals surface area contributed by atoms with Crippen molar-refractivity contribution in [2.24, 2.45) is 5.73 Å². The van der Waals surface area contributed by atoms with Gasteiger partial charge in [0, 0.05) is 22.9 Å². The molecule has 2 aromatic carbocycles. The molecule has 0 radical (unpaired) electrons. The van der Waals surface area contributed by atoms with E-state index in [-0.39, 0.29) is 29.3 Å². The maximum atomic E-state index is 15.2. The van der Waals surface area contributed by atoms with Gasteiger partial charge in [-0.25, -0.2) is 9.37 Å². The molecule has 0 spiro atoms. The Morgan fingerprint density at radius 2 is 2.10 bits per heavy atom. The number of hydrogen-bond acceptors (Lipinski definition) is 6. The fraction of sp³-hybridized carbons (Fsp3) is 0.286. The normalized spacial score (nSPS) is 19.2. The van der Waals surface area contributed by atoms with E-state index in [1.165, 1.54) is 24.4 Å². The number of aromatic nitrogens is 3. The lowest BCUT2D eigenvalue weighted by Gasteiger charge is -2.25. The van der Waals surface area contributed by atoms with Crippen LogP contribution < -0.4 is 15.8 Å². The van der Waals surface area contributed by atoms with Crippen LogP contribution in [-0.2, 0) is 5.54 Å². The number of imidazole rings is 1. The van der Waals surface area contributed by atoms with Crippen LogP contribution in [0.5, 0.6) is 5.75 Å². The molecule has 3 N–H and O–H groups in total. The number of nitrogens with one attached hydrogen (secondary N) is 1. The lowest BCUT2D eigenvalue weighted by molar-refractivity contribution is -0.0507.